The van der Waals surface area contributed by atoms with Gasteiger partial charge in [-0.3, -0.25) is 10.1 Å². The van der Waals surface area contributed by atoms with E-state index in [9.17, 15) is 4.79 Å². The fourth-order valence-corrected chi connectivity index (χ4v) is 3.14. The Morgan fingerprint density at radius 1 is 1.08 bits per heavy atom. The highest BCUT2D eigenvalue weighted by Gasteiger charge is 2.14. The first-order valence-electron chi connectivity index (χ1n) is 7.40. The molecule has 3 nitrogen and oxygen atoms in total. The first-order chi connectivity index (χ1) is 11.8. The van der Waals surface area contributed by atoms with Gasteiger partial charge in [-0.15, -0.1) is 22.9 Å². The third kappa shape index (κ3) is 4.10. The van der Waals surface area contributed by atoms with Crippen LogP contribution in [0.4, 0.5) is 5.13 Å². The van der Waals surface area contributed by atoms with E-state index in [1.54, 1.807) is 0 Å². The first kappa shape index (κ1) is 16.4. The molecule has 1 N–H and O–H groups in total. The smallest absolute Gasteiger partial charge is 0.258 e. The highest BCUT2D eigenvalue weighted by atomic mass is 35.5. The van der Waals surface area contributed by atoms with Crippen LogP contribution in [-0.2, 0) is 10.7 Å². The first-order valence-corrected chi connectivity index (χ1v) is 8.81. The van der Waals surface area contributed by atoms with Crippen LogP contribution in [0, 0.1) is 0 Å². The number of aromatic nitrogens is 1. The van der Waals surface area contributed by atoms with E-state index in [-0.39, 0.29) is 5.91 Å². The highest BCUT2D eigenvalue weighted by molar-refractivity contribution is 7.14. The van der Waals surface area contributed by atoms with Crippen LogP contribution in [0.2, 0.25) is 0 Å². The molecule has 24 heavy (non-hydrogen) atoms. The molecule has 0 aliphatic carbocycles. The molecule has 0 aliphatic heterocycles. The summed E-state index contributed by atoms with van der Waals surface area (Å²) in [6.07, 6.45) is 1.88. The van der Waals surface area contributed by atoms with Gasteiger partial charge in [0.25, 0.3) is 5.91 Å². The van der Waals surface area contributed by atoms with E-state index in [0.29, 0.717) is 16.6 Å². The van der Waals surface area contributed by atoms with E-state index < -0.39 is 0 Å². The van der Waals surface area contributed by atoms with Gasteiger partial charge in [0.1, 0.15) is 0 Å². The van der Waals surface area contributed by atoms with Gasteiger partial charge in [-0.25, -0.2) is 4.98 Å². The van der Waals surface area contributed by atoms with Crippen molar-refractivity contribution >= 4 is 45.6 Å². The second-order valence-electron chi connectivity index (χ2n) is 5.07. The number of nitrogens with one attached hydrogen (secondary N) is 1. The molecule has 0 spiro atoms. The summed E-state index contributed by atoms with van der Waals surface area (Å²) in [4.78, 5) is 17.0. The minimum atomic E-state index is -0.194. The second-order valence-corrected chi connectivity index (χ2v) is 6.19. The Morgan fingerprint density at radius 2 is 1.75 bits per heavy atom. The summed E-state index contributed by atoms with van der Waals surface area (Å²) in [6.45, 7) is 0. The Balaban J connectivity index is 1.92. The van der Waals surface area contributed by atoms with Gasteiger partial charge in [0.05, 0.1) is 11.6 Å². The number of rotatable bonds is 5. The minimum absolute atomic E-state index is 0.194. The van der Waals surface area contributed by atoms with Crippen LogP contribution in [0.25, 0.3) is 11.6 Å². The molecule has 0 aliphatic rings. The molecule has 0 fully saturated rings. The van der Waals surface area contributed by atoms with E-state index in [4.69, 9.17) is 11.6 Å². The van der Waals surface area contributed by atoms with E-state index in [2.05, 4.69) is 10.3 Å². The second kappa shape index (κ2) is 7.90. The third-order valence-electron chi connectivity index (χ3n) is 3.35. The molecule has 2 aromatic carbocycles. The van der Waals surface area contributed by atoms with Crippen LogP contribution in [0.3, 0.4) is 0 Å². The van der Waals surface area contributed by atoms with Gasteiger partial charge >= 0.3 is 0 Å². The SMILES string of the molecule is O=C(Nc1nc(CCl)cs1)/C(=C\c1ccccc1)c1ccccc1. The largest absolute Gasteiger partial charge is 0.298 e. The normalized spacial score (nSPS) is 11.3. The van der Waals surface area contributed by atoms with Gasteiger partial charge in [0.15, 0.2) is 5.13 Å². The Kier molecular flexibility index (Phi) is 5.41. The monoisotopic (exact) mass is 354 g/mol. The van der Waals surface area contributed by atoms with Crippen molar-refractivity contribution in [3.8, 4) is 0 Å². The summed E-state index contributed by atoms with van der Waals surface area (Å²) in [5, 5.41) is 5.24. The fraction of sp³-hybridized carbons (Fsp3) is 0.0526. The number of alkyl halides is 1. The molecule has 0 saturated carbocycles. The summed E-state index contributed by atoms with van der Waals surface area (Å²) < 4.78 is 0. The standard InChI is InChI=1S/C19H15ClN2OS/c20-12-16-13-24-19(21-16)22-18(23)17(15-9-5-2-6-10-15)11-14-7-3-1-4-8-14/h1-11,13H,12H2,(H,21,22,23)/b17-11-. The summed E-state index contributed by atoms with van der Waals surface area (Å²) in [5.74, 6) is 0.137. The van der Waals surface area contributed by atoms with E-state index in [0.717, 1.165) is 16.8 Å². The molecule has 1 amide bonds. The number of benzene rings is 2. The zero-order valence-electron chi connectivity index (χ0n) is 12.8. The molecule has 1 aromatic heterocycles. The predicted octanol–water partition coefficient (Wildman–Crippen LogP) is 5.06. The number of hydrogen-bond acceptors (Lipinski definition) is 3. The molecule has 0 atom stereocenters. The molecular weight excluding hydrogens is 340 g/mol. The zero-order chi connectivity index (χ0) is 16.8. The number of carbonyl (C=O) groups excluding carboxylic acids is 1. The molecule has 3 rings (SSSR count). The number of nitrogens with zero attached hydrogens (tertiary/aromatic N) is 1. The van der Waals surface area contributed by atoms with E-state index >= 15 is 0 Å². The third-order valence-corrected chi connectivity index (χ3v) is 4.43. The van der Waals surface area contributed by atoms with Gasteiger partial charge in [-0.1, -0.05) is 60.7 Å². The lowest BCUT2D eigenvalue weighted by molar-refractivity contribution is -0.111. The maximum atomic E-state index is 12.8. The lowest BCUT2D eigenvalue weighted by Gasteiger charge is -2.08. The van der Waals surface area contributed by atoms with E-state index in [1.807, 2.05) is 72.1 Å². The van der Waals surface area contributed by atoms with Gasteiger partial charge in [-0.2, -0.15) is 0 Å². The Labute approximate surface area is 149 Å². The number of halogens is 1. The number of carbonyl (C=O) groups is 1. The van der Waals surface area contributed by atoms with Crippen LogP contribution in [0.1, 0.15) is 16.8 Å². The van der Waals surface area contributed by atoms with Crippen molar-refractivity contribution in [3.05, 3.63) is 82.9 Å². The number of amides is 1. The average molecular weight is 355 g/mol. The lowest BCUT2D eigenvalue weighted by atomic mass is 10.0. The minimum Gasteiger partial charge on any atom is -0.298 e. The lowest BCUT2D eigenvalue weighted by Crippen LogP contribution is -2.13. The van der Waals surface area contributed by atoms with Crippen LogP contribution in [0.5, 0.6) is 0 Å². The van der Waals surface area contributed by atoms with Crippen LogP contribution in [0.15, 0.2) is 66.0 Å². The van der Waals surface area contributed by atoms with Crippen molar-refractivity contribution in [2.24, 2.45) is 0 Å². The summed E-state index contributed by atoms with van der Waals surface area (Å²) in [6, 6.07) is 19.3. The van der Waals surface area contributed by atoms with Crippen molar-refractivity contribution < 1.29 is 4.79 Å². The summed E-state index contributed by atoms with van der Waals surface area (Å²) in [7, 11) is 0. The highest BCUT2D eigenvalue weighted by Crippen LogP contribution is 2.22. The maximum Gasteiger partial charge on any atom is 0.258 e. The van der Waals surface area contributed by atoms with E-state index in [1.165, 1.54) is 11.3 Å². The van der Waals surface area contributed by atoms with Gasteiger partial charge < -0.3 is 0 Å². The Morgan fingerprint density at radius 3 is 2.38 bits per heavy atom. The molecule has 0 saturated heterocycles. The van der Waals surface area contributed by atoms with Gasteiger partial charge in [-0.05, 0) is 17.2 Å². The summed E-state index contributed by atoms with van der Waals surface area (Å²) >= 11 is 7.13. The van der Waals surface area contributed by atoms with Crippen LogP contribution < -0.4 is 5.32 Å². The topological polar surface area (TPSA) is 42.0 Å². The van der Waals surface area contributed by atoms with Crippen molar-refractivity contribution in [2.45, 2.75) is 5.88 Å². The molecule has 0 bridgehead atoms. The zero-order valence-corrected chi connectivity index (χ0v) is 14.3. The molecular formula is C19H15ClN2OS. The number of anilines is 1. The molecule has 3 aromatic rings. The quantitative estimate of drug-likeness (QED) is 0.395. The number of thiazole rings is 1. The molecule has 0 radical (unpaired) electrons. The van der Waals surface area contributed by atoms with Gasteiger partial charge in [0, 0.05) is 11.0 Å². The van der Waals surface area contributed by atoms with Crippen molar-refractivity contribution in [1.29, 1.82) is 0 Å². The fourth-order valence-electron chi connectivity index (χ4n) is 2.20. The maximum absolute atomic E-state index is 12.8. The molecule has 1 heterocycles. The molecule has 120 valence electrons. The van der Waals surface area contributed by atoms with Crippen LogP contribution in [-0.4, -0.2) is 10.9 Å². The predicted molar refractivity (Wildman–Crippen MR) is 101 cm³/mol. The summed E-state index contributed by atoms with van der Waals surface area (Å²) in [5.41, 5.74) is 3.16. The molecule has 0 unspecified atom stereocenters. The molecule has 5 heteroatoms. The van der Waals surface area contributed by atoms with Crippen molar-refractivity contribution in [1.82, 2.24) is 4.98 Å². The van der Waals surface area contributed by atoms with Gasteiger partial charge in [0.2, 0.25) is 0 Å². The Bertz CT molecular complexity index is 844. The average Bonchev–Trinajstić information content (AvgIpc) is 3.09. The van der Waals surface area contributed by atoms with Crippen molar-refractivity contribution in [2.75, 3.05) is 5.32 Å². The Hall–Kier alpha value is -2.43. The number of hydrogen-bond donors (Lipinski definition) is 1. The van der Waals surface area contributed by atoms with Crippen LogP contribution >= 0.6 is 22.9 Å². The van der Waals surface area contributed by atoms with Crippen molar-refractivity contribution in [3.63, 3.8) is 0 Å².